The summed E-state index contributed by atoms with van der Waals surface area (Å²) in [6.45, 7) is 2.00. The highest BCUT2D eigenvalue weighted by molar-refractivity contribution is 9.10. The number of carbonyl (C=O) groups is 1. The summed E-state index contributed by atoms with van der Waals surface area (Å²) in [6, 6.07) is 13.8. The second-order valence-corrected chi connectivity index (χ2v) is 7.65. The highest BCUT2D eigenvalue weighted by Gasteiger charge is 2.36. The van der Waals surface area contributed by atoms with E-state index < -0.39 is 0 Å². The molecule has 120 valence electrons. The second kappa shape index (κ2) is 5.79. The Bertz CT molecular complexity index is 895. The number of amides is 1. The summed E-state index contributed by atoms with van der Waals surface area (Å²) < 4.78 is 0.821. The summed E-state index contributed by atoms with van der Waals surface area (Å²) in [6.07, 6.45) is 0.239. The molecule has 1 saturated heterocycles. The lowest BCUT2D eigenvalue weighted by Crippen LogP contribution is -2.29. The van der Waals surface area contributed by atoms with Crippen LogP contribution in [0.1, 0.15) is 12.0 Å². The molecule has 2 aromatic carbocycles. The normalized spacial score (nSPS) is 19.7. The summed E-state index contributed by atoms with van der Waals surface area (Å²) in [4.78, 5) is 15.2. The minimum atomic E-state index is -0.0783. The minimum absolute atomic E-state index is 0.0783. The third-order valence-corrected chi connectivity index (χ3v) is 5.82. The van der Waals surface area contributed by atoms with E-state index in [0.29, 0.717) is 5.69 Å². The van der Waals surface area contributed by atoms with Crippen LogP contribution in [0, 0.1) is 12.3 Å². The van der Waals surface area contributed by atoms with E-state index >= 15 is 0 Å². The fourth-order valence-electron chi connectivity index (χ4n) is 2.86. The van der Waals surface area contributed by atoms with Gasteiger partial charge in [0.2, 0.25) is 5.91 Å². The van der Waals surface area contributed by atoms with Gasteiger partial charge in [0.1, 0.15) is 5.84 Å². The van der Waals surface area contributed by atoms with Crippen LogP contribution in [0.2, 0.25) is 0 Å². The molecule has 6 heteroatoms. The minimum Gasteiger partial charge on any atom is -0.349 e. The SMILES string of the molecule is Cc1ccc(N2C(=N)/C(=C3\Nc4ccccc4S3)CC2=O)c(Br)c1. The van der Waals surface area contributed by atoms with Gasteiger partial charge in [0.25, 0.3) is 0 Å². The van der Waals surface area contributed by atoms with E-state index in [4.69, 9.17) is 5.41 Å². The van der Waals surface area contributed by atoms with Crippen LogP contribution < -0.4 is 10.2 Å². The molecule has 4 rings (SSSR count). The molecule has 2 heterocycles. The van der Waals surface area contributed by atoms with Gasteiger partial charge in [-0.15, -0.1) is 0 Å². The molecule has 1 fully saturated rings. The Labute approximate surface area is 152 Å². The molecule has 0 aromatic heterocycles. The average Bonchev–Trinajstić information content (AvgIpc) is 3.09. The van der Waals surface area contributed by atoms with Crippen molar-refractivity contribution in [3.05, 3.63) is 63.1 Å². The molecule has 4 nitrogen and oxygen atoms in total. The van der Waals surface area contributed by atoms with E-state index in [1.54, 1.807) is 11.8 Å². The summed E-state index contributed by atoms with van der Waals surface area (Å²) in [5.41, 5.74) is 3.59. The van der Waals surface area contributed by atoms with Crippen LogP contribution in [-0.2, 0) is 4.79 Å². The quantitative estimate of drug-likeness (QED) is 0.716. The molecule has 2 aliphatic heterocycles. The van der Waals surface area contributed by atoms with Gasteiger partial charge in [-0.1, -0.05) is 30.0 Å². The highest BCUT2D eigenvalue weighted by Crippen LogP contribution is 2.44. The monoisotopic (exact) mass is 399 g/mol. The molecule has 0 atom stereocenters. The maximum absolute atomic E-state index is 12.6. The molecule has 2 aromatic rings. The van der Waals surface area contributed by atoms with Crippen LogP contribution >= 0.6 is 27.7 Å². The highest BCUT2D eigenvalue weighted by atomic mass is 79.9. The van der Waals surface area contributed by atoms with Gasteiger partial charge < -0.3 is 5.32 Å². The van der Waals surface area contributed by atoms with E-state index in [1.165, 1.54) is 4.90 Å². The number of fused-ring (bicyclic) bond motifs is 1. The fraction of sp³-hybridized carbons (Fsp3) is 0.111. The maximum Gasteiger partial charge on any atom is 0.237 e. The lowest BCUT2D eigenvalue weighted by Gasteiger charge is -2.18. The van der Waals surface area contributed by atoms with Crippen LogP contribution in [0.4, 0.5) is 11.4 Å². The Hall–Kier alpha value is -2.05. The lowest BCUT2D eigenvalue weighted by molar-refractivity contribution is -0.116. The number of rotatable bonds is 1. The predicted molar refractivity (Wildman–Crippen MR) is 102 cm³/mol. The van der Waals surface area contributed by atoms with Crippen molar-refractivity contribution in [1.82, 2.24) is 0 Å². The first-order valence-corrected chi connectivity index (χ1v) is 9.10. The maximum atomic E-state index is 12.6. The standard InChI is InChI=1S/C18H14BrN3OS/c1-10-6-7-14(12(19)8-10)22-16(23)9-11(17(22)20)18-21-13-4-2-3-5-15(13)24-18/h2-8,20-21H,9H2,1H3/b18-11+,20-17?. The molecule has 2 N–H and O–H groups in total. The van der Waals surface area contributed by atoms with Gasteiger partial charge in [0.15, 0.2) is 0 Å². The molecule has 0 radical (unpaired) electrons. The number of aryl methyl sites for hydroxylation is 1. The van der Waals surface area contributed by atoms with Crippen LogP contribution in [0.25, 0.3) is 0 Å². The summed E-state index contributed by atoms with van der Waals surface area (Å²) in [5, 5.41) is 12.7. The molecule has 0 bridgehead atoms. The predicted octanol–water partition coefficient (Wildman–Crippen LogP) is 4.90. The first-order chi connectivity index (χ1) is 11.5. The van der Waals surface area contributed by atoms with Gasteiger partial charge in [0, 0.05) is 14.9 Å². The molecular formula is C18H14BrN3OS. The van der Waals surface area contributed by atoms with Crippen molar-refractivity contribution in [1.29, 1.82) is 5.41 Å². The van der Waals surface area contributed by atoms with Crippen molar-refractivity contribution in [2.45, 2.75) is 18.2 Å². The van der Waals surface area contributed by atoms with Crippen LogP contribution in [-0.4, -0.2) is 11.7 Å². The topological polar surface area (TPSA) is 56.2 Å². The summed E-state index contributed by atoms with van der Waals surface area (Å²) in [7, 11) is 0. The van der Waals surface area contributed by atoms with Crippen LogP contribution in [0.3, 0.4) is 0 Å². The Morgan fingerprint density at radius 1 is 1.25 bits per heavy atom. The number of nitrogens with zero attached hydrogens (tertiary/aromatic N) is 1. The van der Waals surface area contributed by atoms with Crippen molar-refractivity contribution in [3.63, 3.8) is 0 Å². The van der Waals surface area contributed by atoms with Gasteiger partial charge in [-0.05, 0) is 52.7 Å². The number of para-hydroxylation sites is 1. The number of hydrogen-bond acceptors (Lipinski definition) is 4. The van der Waals surface area contributed by atoms with E-state index in [0.717, 1.165) is 31.2 Å². The largest absolute Gasteiger partial charge is 0.349 e. The number of anilines is 2. The molecular weight excluding hydrogens is 386 g/mol. The van der Waals surface area contributed by atoms with E-state index in [1.807, 2.05) is 49.4 Å². The van der Waals surface area contributed by atoms with Crippen molar-refractivity contribution >= 4 is 50.8 Å². The zero-order valence-electron chi connectivity index (χ0n) is 12.9. The first kappa shape index (κ1) is 15.5. The molecule has 24 heavy (non-hydrogen) atoms. The van der Waals surface area contributed by atoms with Gasteiger partial charge in [0.05, 0.1) is 22.8 Å². The Balaban J connectivity index is 1.71. The van der Waals surface area contributed by atoms with E-state index in [-0.39, 0.29) is 18.2 Å². The smallest absolute Gasteiger partial charge is 0.237 e. The van der Waals surface area contributed by atoms with E-state index in [2.05, 4.69) is 21.2 Å². The molecule has 0 aliphatic carbocycles. The number of hydrogen-bond donors (Lipinski definition) is 2. The molecule has 0 spiro atoms. The van der Waals surface area contributed by atoms with Gasteiger partial charge in [-0.25, -0.2) is 0 Å². The summed E-state index contributed by atoms with van der Waals surface area (Å²) in [5.74, 6) is 0.165. The van der Waals surface area contributed by atoms with Crippen LogP contribution in [0.15, 0.2) is 62.4 Å². The molecule has 0 saturated carbocycles. The molecule has 0 unspecified atom stereocenters. The third-order valence-electron chi connectivity index (χ3n) is 4.05. The fourth-order valence-corrected chi connectivity index (χ4v) is 4.58. The Morgan fingerprint density at radius 2 is 2.04 bits per heavy atom. The number of halogens is 1. The zero-order valence-corrected chi connectivity index (χ0v) is 15.3. The van der Waals surface area contributed by atoms with E-state index in [9.17, 15) is 4.79 Å². The van der Waals surface area contributed by atoms with Gasteiger partial charge in [-0.3, -0.25) is 15.1 Å². The van der Waals surface area contributed by atoms with Gasteiger partial charge >= 0.3 is 0 Å². The van der Waals surface area contributed by atoms with Crippen molar-refractivity contribution in [2.75, 3.05) is 10.2 Å². The molecule has 2 aliphatic rings. The van der Waals surface area contributed by atoms with Crippen molar-refractivity contribution in [3.8, 4) is 0 Å². The first-order valence-electron chi connectivity index (χ1n) is 7.49. The lowest BCUT2D eigenvalue weighted by atomic mass is 10.2. The van der Waals surface area contributed by atoms with Crippen LogP contribution in [0.5, 0.6) is 0 Å². The number of thioether (sulfide) groups is 1. The second-order valence-electron chi connectivity index (χ2n) is 5.74. The summed E-state index contributed by atoms with van der Waals surface area (Å²) >= 11 is 5.09. The number of carbonyl (C=O) groups excluding carboxylic acids is 1. The number of nitrogens with one attached hydrogen (secondary N) is 2. The third kappa shape index (κ3) is 2.46. The van der Waals surface area contributed by atoms with Crippen molar-refractivity contribution in [2.24, 2.45) is 0 Å². The molecule has 1 amide bonds. The number of amidine groups is 1. The van der Waals surface area contributed by atoms with Crippen molar-refractivity contribution < 1.29 is 4.79 Å². The zero-order chi connectivity index (χ0) is 16.8. The Morgan fingerprint density at radius 3 is 2.79 bits per heavy atom. The number of benzene rings is 2. The average molecular weight is 400 g/mol. The van der Waals surface area contributed by atoms with Gasteiger partial charge in [-0.2, -0.15) is 0 Å². The Kier molecular flexibility index (Phi) is 3.73.